The Morgan fingerprint density at radius 2 is 1.26 bits per heavy atom. The van der Waals surface area contributed by atoms with Gasteiger partial charge in [-0.1, -0.05) is 70.9 Å². The zero-order valence-electron chi connectivity index (χ0n) is 36.1. The van der Waals surface area contributed by atoms with Crippen molar-refractivity contribution in [2.45, 2.75) is 110 Å². The highest BCUT2D eigenvalue weighted by Crippen LogP contribution is 2.58. The summed E-state index contributed by atoms with van der Waals surface area (Å²) >= 11 is 0. The number of ether oxygens (including phenoxy) is 2. The van der Waals surface area contributed by atoms with E-state index in [-0.39, 0.29) is 46.6 Å². The third-order valence-electron chi connectivity index (χ3n) is 13.5. The summed E-state index contributed by atoms with van der Waals surface area (Å²) in [6.07, 6.45) is 10.1. The quantitative estimate of drug-likeness (QED) is 0.126. The molecule has 2 aliphatic heterocycles. The first kappa shape index (κ1) is 41.9. The lowest BCUT2D eigenvalue weighted by atomic mass is 9.72. The Kier molecular flexibility index (Phi) is 11.6. The summed E-state index contributed by atoms with van der Waals surface area (Å²) in [6, 6.07) is 12.1. The molecule has 2 aromatic heterocycles. The van der Waals surface area contributed by atoms with Gasteiger partial charge in [-0.15, -0.1) is 0 Å². The van der Waals surface area contributed by atoms with E-state index in [1.54, 1.807) is 0 Å². The molecule has 322 valence electrons. The second-order valence-electron chi connectivity index (χ2n) is 18.5. The molecule has 4 atom stereocenters. The van der Waals surface area contributed by atoms with E-state index in [1.807, 2.05) is 86.2 Å². The SMILES string of the molecule is COC(=O)N[C@H](C(=O)N1CC2(CC2)C[C@H]1c1ncc(-c2ccc(C#Cc3ccc4nc([C@@H]5CC6(CCCCC6)CN5C(=O)[C@@H](NC(=O)OC)C(C)C)[nH]c4c3)cc2)[nH]1)C(C)C. The van der Waals surface area contributed by atoms with Gasteiger partial charge in [0, 0.05) is 24.2 Å². The number of imidazole rings is 2. The lowest BCUT2D eigenvalue weighted by Crippen LogP contribution is -2.51. The highest BCUT2D eigenvalue weighted by molar-refractivity contribution is 5.87. The van der Waals surface area contributed by atoms with Crippen molar-refractivity contribution in [2.75, 3.05) is 27.3 Å². The van der Waals surface area contributed by atoms with E-state index in [2.05, 4.69) is 32.4 Å². The molecule has 2 saturated carbocycles. The molecule has 61 heavy (non-hydrogen) atoms. The Morgan fingerprint density at radius 3 is 1.82 bits per heavy atom. The van der Waals surface area contributed by atoms with Gasteiger partial charge in [0.15, 0.2) is 0 Å². The number of hydrogen-bond donors (Lipinski definition) is 4. The van der Waals surface area contributed by atoms with Gasteiger partial charge in [0.2, 0.25) is 11.8 Å². The molecule has 0 radical (unpaired) electrons. The Balaban J connectivity index is 0.973. The minimum atomic E-state index is -0.706. The zero-order valence-corrected chi connectivity index (χ0v) is 36.1. The number of nitrogens with zero attached hydrogens (tertiary/aromatic N) is 4. The van der Waals surface area contributed by atoms with Crippen molar-refractivity contribution in [1.29, 1.82) is 0 Å². The van der Waals surface area contributed by atoms with Crippen molar-refractivity contribution in [3.63, 3.8) is 0 Å². The number of hydrogen-bond acceptors (Lipinski definition) is 8. The number of alkyl carbamates (subject to hydrolysis) is 2. The summed E-state index contributed by atoms with van der Waals surface area (Å²) in [7, 11) is 2.61. The minimum absolute atomic E-state index is 0.0379. The van der Waals surface area contributed by atoms with Crippen LogP contribution >= 0.6 is 0 Å². The number of carbonyl (C=O) groups excluding carboxylic acids is 4. The van der Waals surface area contributed by atoms with Crippen molar-refractivity contribution in [1.82, 2.24) is 40.4 Å². The summed E-state index contributed by atoms with van der Waals surface area (Å²) in [6.45, 7) is 9.00. The molecule has 0 bridgehead atoms. The molecule has 2 saturated heterocycles. The van der Waals surface area contributed by atoms with Crippen LogP contribution in [0.2, 0.25) is 0 Å². The molecule has 4 aliphatic rings. The van der Waals surface area contributed by atoms with Crippen LogP contribution < -0.4 is 10.6 Å². The number of aromatic nitrogens is 4. The Bertz CT molecular complexity index is 2340. The molecule has 4 heterocycles. The zero-order chi connectivity index (χ0) is 43.1. The number of likely N-dealkylation sites (tertiary alicyclic amines) is 2. The predicted molar refractivity (Wildman–Crippen MR) is 230 cm³/mol. The lowest BCUT2D eigenvalue weighted by Gasteiger charge is -2.34. The lowest BCUT2D eigenvalue weighted by molar-refractivity contribution is -0.136. The molecule has 14 nitrogen and oxygen atoms in total. The van der Waals surface area contributed by atoms with Crippen LogP contribution in [-0.4, -0.2) is 93.1 Å². The summed E-state index contributed by atoms with van der Waals surface area (Å²) in [4.78, 5) is 73.0. The number of benzene rings is 2. The van der Waals surface area contributed by atoms with Crippen molar-refractivity contribution < 1.29 is 28.7 Å². The van der Waals surface area contributed by atoms with Gasteiger partial charge in [-0.25, -0.2) is 19.6 Å². The van der Waals surface area contributed by atoms with Crippen LogP contribution in [0.15, 0.2) is 48.7 Å². The van der Waals surface area contributed by atoms with Gasteiger partial charge >= 0.3 is 12.2 Å². The first-order valence-corrected chi connectivity index (χ1v) is 21.8. The van der Waals surface area contributed by atoms with E-state index in [0.29, 0.717) is 13.1 Å². The average molecular weight is 831 g/mol. The molecular formula is C47H58N8O6. The van der Waals surface area contributed by atoms with Crippen molar-refractivity contribution >= 4 is 35.0 Å². The van der Waals surface area contributed by atoms with Gasteiger partial charge in [-0.2, -0.15) is 0 Å². The number of methoxy groups -OCH3 is 2. The van der Waals surface area contributed by atoms with E-state index in [9.17, 15) is 19.2 Å². The fourth-order valence-corrected chi connectivity index (χ4v) is 9.82. The normalized spacial score (nSPS) is 21.0. The first-order valence-electron chi connectivity index (χ1n) is 21.8. The largest absolute Gasteiger partial charge is 0.453 e. The average Bonchev–Trinajstić information content (AvgIpc) is 3.65. The van der Waals surface area contributed by atoms with Gasteiger partial charge in [-0.3, -0.25) is 9.59 Å². The molecule has 4 N–H and O–H groups in total. The second kappa shape index (κ2) is 16.9. The Hall–Kier alpha value is -5.84. The van der Waals surface area contributed by atoms with Gasteiger partial charge in [0.1, 0.15) is 23.7 Å². The molecule has 4 amide bonds. The second-order valence-corrected chi connectivity index (χ2v) is 18.5. The number of H-pyrrole nitrogens is 2. The van der Waals surface area contributed by atoms with Gasteiger partial charge in [0.05, 0.1) is 49.2 Å². The smallest absolute Gasteiger partial charge is 0.407 e. The molecule has 4 fully saturated rings. The van der Waals surface area contributed by atoms with Crippen molar-refractivity contribution in [3.8, 4) is 23.1 Å². The molecule has 14 heteroatoms. The van der Waals surface area contributed by atoms with E-state index < -0.39 is 24.3 Å². The van der Waals surface area contributed by atoms with E-state index in [4.69, 9.17) is 19.4 Å². The van der Waals surface area contributed by atoms with Crippen LogP contribution in [0.25, 0.3) is 22.3 Å². The highest BCUT2D eigenvalue weighted by Gasteiger charge is 2.55. The highest BCUT2D eigenvalue weighted by atomic mass is 16.5. The number of amides is 4. The third-order valence-corrected chi connectivity index (χ3v) is 13.5. The van der Waals surface area contributed by atoms with Gasteiger partial charge in [0.25, 0.3) is 0 Å². The summed E-state index contributed by atoms with van der Waals surface area (Å²) in [5.41, 5.74) is 5.31. The number of fused-ring (bicyclic) bond motifs is 1. The van der Waals surface area contributed by atoms with E-state index >= 15 is 0 Å². The first-order chi connectivity index (χ1) is 29.3. The van der Waals surface area contributed by atoms with E-state index in [0.717, 1.165) is 96.4 Å². The molecular weight excluding hydrogens is 773 g/mol. The van der Waals surface area contributed by atoms with Crippen molar-refractivity contribution in [2.24, 2.45) is 22.7 Å². The molecule has 2 aromatic carbocycles. The van der Waals surface area contributed by atoms with Gasteiger partial charge < -0.3 is 39.9 Å². The summed E-state index contributed by atoms with van der Waals surface area (Å²) in [5, 5.41) is 5.53. The number of carbonyl (C=O) groups is 4. The number of rotatable bonds is 9. The summed E-state index contributed by atoms with van der Waals surface area (Å²) < 4.78 is 9.68. The summed E-state index contributed by atoms with van der Waals surface area (Å²) in [5.74, 6) is 7.65. The Labute approximate surface area is 357 Å². The molecule has 8 rings (SSSR count). The maximum atomic E-state index is 14.2. The number of aromatic amines is 2. The van der Waals surface area contributed by atoms with Crippen molar-refractivity contribution in [3.05, 3.63) is 71.4 Å². The molecule has 4 aromatic rings. The molecule has 2 spiro atoms. The van der Waals surface area contributed by atoms with E-state index in [1.165, 1.54) is 20.6 Å². The molecule has 0 unspecified atom stereocenters. The van der Waals surface area contributed by atoms with Crippen LogP contribution in [0.3, 0.4) is 0 Å². The molecule has 2 aliphatic carbocycles. The number of nitrogens with one attached hydrogen (secondary N) is 4. The van der Waals surface area contributed by atoms with Gasteiger partial charge in [-0.05, 0) is 97.1 Å². The van der Waals surface area contributed by atoms with Crippen LogP contribution in [0.4, 0.5) is 9.59 Å². The Morgan fingerprint density at radius 1 is 0.721 bits per heavy atom. The monoisotopic (exact) mass is 830 g/mol. The fourth-order valence-electron chi connectivity index (χ4n) is 9.82. The fraction of sp³-hybridized carbons (Fsp3) is 0.532. The maximum Gasteiger partial charge on any atom is 0.407 e. The predicted octanol–water partition coefficient (Wildman–Crippen LogP) is 7.39. The van der Waals surface area contributed by atoms with Crippen LogP contribution in [0, 0.1) is 34.5 Å². The topological polar surface area (TPSA) is 175 Å². The van der Waals surface area contributed by atoms with Crippen LogP contribution in [-0.2, 0) is 19.1 Å². The van der Waals surface area contributed by atoms with Crippen LogP contribution in [0.1, 0.15) is 120 Å². The minimum Gasteiger partial charge on any atom is -0.453 e. The maximum absolute atomic E-state index is 14.2. The van der Waals surface area contributed by atoms with Crippen LogP contribution in [0.5, 0.6) is 0 Å². The standard InChI is InChI=1S/C47H58N8O6/c1-28(2)38(52-44(58)60-5)42(56)54-27-47(20-21-47)23-36(54)40-48-25-35(51-40)32-15-12-30(13-16-32)10-11-31-14-17-33-34(22-31)50-41(49-33)37-24-46(18-8-7-9-19-46)26-55(37)43(57)39(29(3)4)53-45(59)61-6/h12-17,22,25,28-29,36-39H,7-9,18-21,23-24,26-27H2,1-6H3,(H,48,51)(H,49,50)(H,52,58)(H,53,59)/t36-,37-,38-,39-/m0/s1. The third kappa shape index (κ3) is 8.70.